The first-order valence-corrected chi connectivity index (χ1v) is 14.0. The number of rotatable bonds is 6. The molecule has 188 valence electrons. The Balaban J connectivity index is 1.27. The molecule has 0 saturated heterocycles. The van der Waals surface area contributed by atoms with E-state index in [4.69, 9.17) is 9.72 Å². The average Bonchev–Trinajstić information content (AvgIpc) is 3.17. The van der Waals surface area contributed by atoms with E-state index in [2.05, 4.69) is 19.9 Å². The highest BCUT2D eigenvalue weighted by Gasteiger charge is 2.59. The summed E-state index contributed by atoms with van der Waals surface area (Å²) in [5.41, 5.74) is 2.67. The summed E-state index contributed by atoms with van der Waals surface area (Å²) < 4.78 is 5.64. The third-order valence-corrected chi connectivity index (χ3v) is 10.8. The number of aliphatic hydroxyl groups is 1. The second-order valence-electron chi connectivity index (χ2n) is 12.6. The lowest BCUT2D eigenvalue weighted by molar-refractivity contribution is -0.137. The van der Waals surface area contributed by atoms with Gasteiger partial charge >= 0.3 is 0 Å². The smallest absolute Gasteiger partial charge is 0.142 e. The minimum atomic E-state index is -0.611. The summed E-state index contributed by atoms with van der Waals surface area (Å²) >= 11 is 0. The van der Waals surface area contributed by atoms with Gasteiger partial charge in [-0.1, -0.05) is 13.0 Å². The van der Waals surface area contributed by atoms with Gasteiger partial charge in [0.25, 0.3) is 0 Å². The maximum atomic E-state index is 13.6. The Kier molecular flexibility index (Phi) is 6.70. The molecule has 1 heterocycles. The van der Waals surface area contributed by atoms with Gasteiger partial charge in [-0.25, -0.2) is 0 Å². The van der Waals surface area contributed by atoms with E-state index >= 15 is 0 Å². The SMILES string of the molecule is CCOC[C@@]1(O)CC[C@H]2[C@H](CC[C@@H]3[C@@H]2CC[C@]2(C)[C@@H](C(=O)Cc4nc(C)ccc4C)CC[C@@H]32)C1. The largest absolute Gasteiger partial charge is 0.387 e. The number of aryl methyl sites for hydroxylation is 2. The Hall–Kier alpha value is -1.26. The molecule has 8 atom stereocenters. The molecule has 0 aliphatic heterocycles. The highest BCUT2D eigenvalue weighted by Crippen LogP contribution is 2.64. The lowest BCUT2D eigenvalue weighted by atomic mass is 9.49. The van der Waals surface area contributed by atoms with Gasteiger partial charge in [0.1, 0.15) is 5.78 Å². The maximum Gasteiger partial charge on any atom is 0.142 e. The quantitative estimate of drug-likeness (QED) is 0.570. The van der Waals surface area contributed by atoms with E-state index in [0.717, 1.165) is 60.4 Å². The van der Waals surface area contributed by atoms with Gasteiger partial charge in [-0.15, -0.1) is 0 Å². The summed E-state index contributed by atoms with van der Waals surface area (Å²) in [7, 11) is 0. The van der Waals surface area contributed by atoms with Gasteiger partial charge in [-0.05, 0) is 125 Å². The van der Waals surface area contributed by atoms with Crippen LogP contribution in [-0.4, -0.2) is 34.7 Å². The van der Waals surface area contributed by atoms with E-state index in [1.54, 1.807) is 0 Å². The second kappa shape index (κ2) is 9.32. The minimum Gasteiger partial charge on any atom is -0.387 e. The number of ketones is 1. The van der Waals surface area contributed by atoms with Crippen molar-refractivity contribution >= 4 is 5.78 Å². The molecule has 34 heavy (non-hydrogen) atoms. The Morgan fingerprint density at radius 1 is 1.06 bits per heavy atom. The third kappa shape index (κ3) is 4.28. The molecule has 4 aliphatic carbocycles. The minimum absolute atomic E-state index is 0.160. The first kappa shape index (κ1) is 24.4. The molecule has 4 fully saturated rings. The lowest BCUT2D eigenvalue weighted by Crippen LogP contribution is -2.52. The fourth-order valence-electron chi connectivity index (χ4n) is 9.06. The van der Waals surface area contributed by atoms with Crippen LogP contribution in [0.15, 0.2) is 12.1 Å². The van der Waals surface area contributed by atoms with Crippen LogP contribution < -0.4 is 0 Å². The molecule has 0 bridgehead atoms. The highest BCUT2D eigenvalue weighted by molar-refractivity contribution is 5.84. The second-order valence-corrected chi connectivity index (χ2v) is 12.6. The van der Waals surface area contributed by atoms with Gasteiger partial charge in [-0.3, -0.25) is 9.78 Å². The van der Waals surface area contributed by atoms with E-state index in [9.17, 15) is 9.90 Å². The van der Waals surface area contributed by atoms with Crippen molar-refractivity contribution in [3.05, 3.63) is 29.1 Å². The fourth-order valence-corrected chi connectivity index (χ4v) is 9.06. The summed E-state index contributed by atoms with van der Waals surface area (Å²) in [6.07, 6.45) is 10.8. The van der Waals surface area contributed by atoms with Gasteiger partial charge in [0, 0.05) is 24.6 Å². The van der Waals surface area contributed by atoms with Crippen molar-refractivity contribution in [3.8, 4) is 0 Å². The molecule has 0 unspecified atom stereocenters. The van der Waals surface area contributed by atoms with E-state index in [-0.39, 0.29) is 11.3 Å². The molecule has 0 amide bonds. The highest BCUT2D eigenvalue weighted by atomic mass is 16.5. The van der Waals surface area contributed by atoms with Gasteiger partial charge in [0.2, 0.25) is 0 Å². The van der Waals surface area contributed by atoms with Crippen molar-refractivity contribution in [2.75, 3.05) is 13.2 Å². The van der Waals surface area contributed by atoms with Crippen molar-refractivity contribution in [1.82, 2.24) is 4.98 Å². The van der Waals surface area contributed by atoms with Crippen LogP contribution in [0.4, 0.5) is 0 Å². The van der Waals surface area contributed by atoms with Crippen LogP contribution in [0.2, 0.25) is 0 Å². The van der Waals surface area contributed by atoms with E-state index in [1.807, 2.05) is 19.9 Å². The summed E-state index contributed by atoms with van der Waals surface area (Å²) in [4.78, 5) is 18.3. The van der Waals surface area contributed by atoms with Gasteiger partial charge in [0.15, 0.2) is 0 Å². The molecule has 1 aromatic rings. The van der Waals surface area contributed by atoms with E-state index in [1.165, 1.54) is 32.1 Å². The predicted octanol–water partition coefficient (Wildman–Crippen LogP) is 5.85. The van der Waals surface area contributed by atoms with Crippen molar-refractivity contribution in [1.29, 1.82) is 0 Å². The van der Waals surface area contributed by atoms with Crippen LogP contribution in [0.5, 0.6) is 0 Å². The zero-order valence-electron chi connectivity index (χ0n) is 21.8. The zero-order valence-corrected chi connectivity index (χ0v) is 21.8. The van der Waals surface area contributed by atoms with Gasteiger partial charge in [-0.2, -0.15) is 0 Å². The van der Waals surface area contributed by atoms with Crippen LogP contribution in [-0.2, 0) is 16.0 Å². The Labute approximate surface area is 206 Å². The van der Waals surface area contributed by atoms with E-state index < -0.39 is 5.60 Å². The number of aromatic nitrogens is 1. The van der Waals surface area contributed by atoms with Crippen LogP contribution in [0, 0.1) is 54.8 Å². The molecule has 0 spiro atoms. The molecular weight excluding hydrogens is 422 g/mol. The number of carbonyl (C=O) groups excluding carboxylic acids is 1. The lowest BCUT2D eigenvalue weighted by Gasteiger charge is -2.57. The third-order valence-electron chi connectivity index (χ3n) is 10.8. The first-order valence-electron chi connectivity index (χ1n) is 14.0. The van der Waals surface area contributed by atoms with Gasteiger partial charge in [0.05, 0.1) is 17.9 Å². The van der Waals surface area contributed by atoms with Crippen LogP contribution >= 0.6 is 0 Å². The molecule has 4 aliphatic rings. The first-order chi connectivity index (χ1) is 16.2. The molecule has 0 radical (unpaired) electrons. The number of fused-ring (bicyclic) bond motifs is 5. The van der Waals surface area contributed by atoms with E-state index in [0.29, 0.717) is 37.3 Å². The number of hydrogen-bond acceptors (Lipinski definition) is 4. The molecule has 5 rings (SSSR count). The normalized spacial score (nSPS) is 41.4. The molecular formula is C30H45NO3. The number of carbonyl (C=O) groups is 1. The predicted molar refractivity (Wildman–Crippen MR) is 134 cm³/mol. The average molecular weight is 468 g/mol. The Bertz CT molecular complexity index is 914. The topological polar surface area (TPSA) is 59.4 Å². The molecule has 1 N–H and O–H groups in total. The van der Waals surface area contributed by atoms with Crippen molar-refractivity contribution < 1.29 is 14.6 Å². The number of nitrogens with zero attached hydrogens (tertiary/aromatic N) is 1. The molecule has 4 saturated carbocycles. The fraction of sp³-hybridized carbons (Fsp3) is 0.800. The summed E-state index contributed by atoms with van der Waals surface area (Å²) in [6, 6.07) is 4.14. The molecule has 1 aromatic heterocycles. The van der Waals surface area contributed by atoms with Crippen molar-refractivity contribution in [2.45, 2.75) is 97.5 Å². The van der Waals surface area contributed by atoms with Crippen molar-refractivity contribution in [2.24, 2.45) is 40.9 Å². The van der Waals surface area contributed by atoms with Crippen LogP contribution in [0.3, 0.4) is 0 Å². The molecule has 4 heteroatoms. The standard InChI is InChI=1S/C30H45NO3/c1-5-34-18-30(33)15-13-22-21(17-30)8-9-24-23(22)12-14-29(4)25(24)10-11-26(29)28(32)16-27-19(2)6-7-20(3)31-27/h6-7,21-26,33H,5,8-18H2,1-4H3/t21-,22+,23-,24-,25+,26-,29+,30-/m1/s1. The molecule has 4 nitrogen and oxygen atoms in total. The Morgan fingerprint density at radius 2 is 1.85 bits per heavy atom. The number of pyridine rings is 1. The van der Waals surface area contributed by atoms with Crippen LogP contribution in [0.1, 0.15) is 88.6 Å². The van der Waals surface area contributed by atoms with Gasteiger partial charge < -0.3 is 9.84 Å². The number of hydrogen-bond donors (Lipinski definition) is 1. The molecule has 0 aromatic carbocycles. The number of Topliss-reactive ketones (excluding diaryl/α,β-unsaturated/α-hetero) is 1. The maximum absolute atomic E-state index is 13.6. The monoisotopic (exact) mass is 467 g/mol. The number of ether oxygens (including phenoxy) is 1. The Morgan fingerprint density at radius 3 is 2.65 bits per heavy atom. The summed E-state index contributed by atoms with van der Waals surface area (Å²) in [5, 5.41) is 11.1. The van der Waals surface area contributed by atoms with Crippen molar-refractivity contribution in [3.63, 3.8) is 0 Å². The zero-order chi connectivity index (χ0) is 24.1. The summed E-state index contributed by atoms with van der Waals surface area (Å²) in [6.45, 7) is 9.74. The summed E-state index contributed by atoms with van der Waals surface area (Å²) in [5.74, 6) is 4.30. The van der Waals surface area contributed by atoms with Crippen LogP contribution in [0.25, 0.3) is 0 Å².